The van der Waals surface area contributed by atoms with Gasteiger partial charge in [-0.15, -0.1) is 0 Å². The predicted molar refractivity (Wildman–Crippen MR) is 117 cm³/mol. The summed E-state index contributed by atoms with van der Waals surface area (Å²) >= 11 is 0. The zero-order chi connectivity index (χ0) is 20.3. The monoisotopic (exact) mass is 387 g/mol. The van der Waals surface area contributed by atoms with E-state index >= 15 is 0 Å². The molecule has 0 saturated heterocycles. The summed E-state index contributed by atoms with van der Waals surface area (Å²) in [5.41, 5.74) is 5.40. The Labute approximate surface area is 171 Å². The zero-order valence-electron chi connectivity index (χ0n) is 16.4. The maximum absolute atomic E-state index is 12.4. The summed E-state index contributed by atoms with van der Waals surface area (Å²) in [6, 6.07) is 26.9. The molecular formula is C24H25N3O2. The highest BCUT2D eigenvalue weighted by Gasteiger charge is 2.15. The number of hydrazone groups is 1. The van der Waals surface area contributed by atoms with Crippen LogP contribution in [0.15, 0.2) is 90.0 Å². The minimum absolute atomic E-state index is 0.185. The van der Waals surface area contributed by atoms with Gasteiger partial charge in [-0.2, -0.15) is 5.10 Å². The molecule has 1 atom stereocenters. The fourth-order valence-electron chi connectivity index (χ4n) is 2.79. The molecule has 29 heavy (non-hydrogen) atoms. The average molecular weight is 387 g/mol. The summed E-state index contributed by atoms with van der Waals surface area (Å²) < 4.78 is 5.91. The molecule has 0 aliphatic carbocycles. The first-order chi connectivity index (χ1) is 14.3. The van der Waals surface area contributed by atoms with E-state index < -0.39 is 0 Å². The number of para-hydroxylation sites is 2. The van der Waals surface area contributed by atoms with E-state index in [9.17, 15) is 4.79 Å². The van der Waals surface area contributed by atoms with Crippen LogP contribution >= 0.6 is 0 Å². The van der Waals surface area contributed by atoms with Gasteiger partial charge in [0.25, 0.3) is 5.91 Å². The molecule has 1 amide bonds. The van der Waals surface area contributed by atoms with E-state index in [0.29, 0.717) is 18.8 Å². The number of hydrogen-bond acceptors (Lipinski definition) is 4. The molecule has 0 bridgehead atoms. The fourth-order valence-corrected chi connectivity index (χ4v) is 2.79. The molecule has 5 heteroatoms. The molecule has 0 radical (unpaired) electrons. The third-order valence-electron chi connectivity index (χ3n) is 4.37. The molecule has 3 aromatic carbocycles. The van der Waals surface area contributed by atoms with Crippen LogP contribution in [-0.4, -0.2) is 18.2 Å². The van der Waals surface area contributed by atoms with Gasteiger partial charge in [-0.3, -0.25) is 4.79 Å². The van der Waals surface area contributed by atoms with Crippen molar-refractivity contribution in [2.45, 2.75) is 26.0 Å². The Morgan fingerprint density at radius 1 is 0.966 bits per heavy atom. The number of anilines is 1. The molecule has 5 nitrogen and oxygen atoms in total. The third-order valence-corrected chi connectivity index (χ3v) is 4.37. The second-order valence-corrected chi connectivity index (χ2v) is 6.52. The third kappa shape index (κ3) is 6.21. The number of ether oxygens (including phenoxy) is 1. The number of benzene rings is 3. The standard InChI is InChI=1S/C24H25N3O2/c1-2-22(26-21-14-7-4-8-15-21)24(28)27-25-17-20-13-9-10-16-23(20)29-18-19-11-5-3-6-12-19/h3-17,22,26H,2,18H2,1H3,(H,27,28)/b25-17-/t22-/m1/s1. The van der Waals surface area contributed by atoms with Crippen LogP contribution in [0.4, 0.5) is 5.69 Å². The maximum atomic E-state index is 12.4. The Balaban J connectivity index is 1.58. The van der Waals surface area contributed by atoms with E-state index in [0.717, 1.165) is 16.8 Å². The van der Waals surface area contributed by atoms with Crippen LogP contribution in [0.3, 0.4) is 0 Å². The summed E-state index contributed by atoms with van der Waals surface area (Å²) in [5.74, 6) is 0.527. The van der Waals surface area contributed by atoms with E-state index in [1.165, 1.54) is 0 Å². The molecule has 0 aromatic heterocycles. The number of rotatable bonds is 9. The van der Waals surface area contributed by atoms with Crippen LogP contribution in [0.5, 0.6) is 5.75 Å². The molecule has 0 aliphatic rings. The van der Waals surface area contributed by atoms with Gasteiger partial charge in [0.1, 0.15) is 18.4 Å². The Hall–Kier alpha value is -3.60. The highest BCUT2D eigenvalue weighted by molar-refractivity contribution is 5.87. The van der Waals surface area contributed by atoms with Gasteiger partial charge >= 0.3 is 0 Å². The maximum Gasteiger partial charge on any atom is 0.262 e. The Bertz CT molecular complexity index is 927. The molecule has 0 aliphatic heterocycles. The van der Waals surface area contributed by atoms with Crippen molar-refractivity contribution in [3.05, 3.63) is 96.1 Å². The van der Waals surface area contributed by atoms with Gasteiger partial charge in [-0.05, 0) is 36.2 Å². The van der Waals surface area contributed by atoms with Crippen LogP contribution in [0.2, 0.25) is 0 Å². The van der Waals surface area contributed by atoms with E-state index in [2.05, 4.69) is 15.8 Å². The number of carbonyl (C=O) groups excluding carboxylic acids is 1. The minimum atomic E-state index is -0.362. The summed E-state index contributed by atoms with van der Waals surface area (Å²) in [6.07, 6.45) is 2.25. The lowest BCUT2D eigenvalue weighted by molar-refractivity contribution is -0.121. The van der Waals surface area contributed by atoms with Crippen molar-refractivity contribution >= 4 is 17.8 Å². The topological polar surface area (TPSA) is 62.7 Å². The fraction of sp³-hybridized carbons (Fsp3) is 0.167. The molecule has 3 aromatic rings. The van der Waals surface area contributed by atoms with Crippen molar-refractivity contribution in [3.8, 4) is 5.75 Å². The highest BCUT2D eigenvalue weighted by Crippen LogP contribution is 2.17. The first kappa shape index (κ1) is 20.1. The van der Waals surface area contributed by atoms with Crippen molar-refractivity contribution in [3.63, 3.8) is 0 Å². The van der Waals surface area contributed by atoms with Crippen LogP contribution < -0.4 is 15.5 Å². The van der Waals surface area contributed by atoms with E-state index in [4.69, 9.17) is 4.74 Å². The Kier molecular flexibility index (Phi) is 7.41. The van der Waals surface area contributed by atoms with Crippen molar-refractivity contribution in [2.24, 2.45) is 5.10 Å². The van der Waals surface area contributed by atoms with Crippen molar-refractivity contribution in [2.75, 3.05) is 5.32 Å². The first-order valence-electron chi connectivity index (χ1n) is 9.66. The van der Waals surface area contributed by atoms with E-state index in [1.807, 2.05) is 91.9 Å². The lowest BCUT2D eigenvalue weighted by atomic mass is 10.2. The van der Waals surface area contributed by atoms with Crippen LogP contribution in [0.25, 0.3) is 0 Å². The Morgan fingerprint density at radius 3 is 2.34 bits per heavy atom. The van der Waals surface area contributed by atoms with Gasteiger partial charge in [0.05, 0.1) is 6.21 Å². The molecule has 0 spiro atoms. The lowest BCUT2D eigenvalue weighted by Crippen LogP contribution is -2.36. The first-order valence-corrected chi connectivity index (χ1v) is 9.66. The van der Waals surface area contributed by atoms with Crippen molar-refractivity contribution < 1.29 is 9.53 Å². The lowest BCUT2D eigenvalue weighted by Gasteiger charge is -2.16. The summed E-state index contributed by atoms with van der Waals surface area (Å²) in [6.45, 7) is 2.42. The number of hydrogen-bond donors (Lipinski definition) is 2. The number of amides is 1. The molecule has 0 saturated carbocycles. The minimum Gasteiger partial charge on any atom is -0.488 e. The second-order valence-electron chi connectivity index (χ2n) is 6.52. The van der Waals surface area contributed by atoms with Gasteiger partial charge in [-0.25, -0.2) is 5.43 Å². The molecule has 0 unspecified atom stereocenters. The highest BCUT2D eigenvalue weighted by atomic mass is 16.5. The van der Waals surface area contributed by atoms with Gasteiger partial charge in [0.15, 0.2) is 0 Å². The molecular weight excluding hydrogens is 362 g/mol. The number of carbonyl (C=O) groups is 1. The number of nitrogens with one attached hydrogen (secondary N) is 2. The normalized spacial score (nSPS) is 11.8. The predicted octanol–water partition coefficient (Wildman–Crippen LogP) is 4.61. The molecule has 0 heterocycles. The molecule has 3 rings (SSSR count). The van der Waals surface area contributed by atoms with Crippen LogP contribution in [0.1, 0.15) is 24.5 Å². The largest absolute Gasteiger partial charge is 0.488 e. The van der Waals surface area contributed by atoms with Gasteiger partial charge in [0.2, 0.25) is 0 Å². The van der Waals surface area contributed by atoms with E-state index in [1.54, 1.807) is 6.21 Å². The molecule has 2 N–H and O–H groups in total. The summed E-state index contributed by atoms with van der Waals surface area (Å²) in [5, 5.41) is 7.34. The van der Waals surface area contributed by atoms with Gasteiger partial charge in [-0.1, -0.05) is 67.6 Å². The quantitative estimate of drug-likeness (QED) is 0.416. The smallest absolute Gasteiger partial charge is 0.262 e. The molecule has 148 valence electrons. The van der Waals surface area contributed by atoms with Crippen LogP contribution in [-0.2, 0) is 11.4 Å². The molecule has 0 fully saturated rings. The summed E-state index contributed by atoms with van der Waals surface area (Å²) in [7, 11) is 0. The van der Waals surface area contributed by atoms with Crippen molar-refractivity contribution in [1.82, 2.24) is 5.43 Å². The zero-order valence-corrected chi connectivity index (χ0v) is 16.4. The average Bonchev–Trinajstić information content (AvgIpc) is 2.78. The Morgan fingerprint density at radius 2 is 1.62 bits per heavy atom. The second kappa shape index (κ2) is 10.7. The van der Waals surface area contributed by atoms with Crippen molar-refractivity contribution in [1.29, 1.82) is 0 Å². The number of nitrogens with zero attached hydrogens (tertiary/aromatic N) is 1. The van der Waals surface area contributed by atoms with E-state index in [-0.39, 0.29) is 11.9 Å². The van der Waals surface area contributed by atoms with Crippen LogP contribution in [0, 0.1) is 0 Å². The summed E-state index contributed by atoms with van der Waals surface area (Å²) in [4.78, 5) is 12.4. The SMILES string of the molecule is CC[C@@H](Nc1ccccc1)C(=O)N/N=C\c1ccccc1OCc1ccccc1. The van der Waals surface area contributed by atoms with Gasteiger partial charge in [0, 0.05) is 11.3 Å². The van der Waals surface area contributed by atoms with Gasteiger partial charge < -0.3 is 10.1 Å².